The second kappa shape index (κ2) is 5.75. The maximum absolute atomic E-state index is 12.3. The average Bonchev–Trinajstić information content (AvgIpc) is 3.01. The number of fused-ring (bicyclic) bond motifs is 1. The fourth-order valence-corrected chi connectivity index (χ4v) is 4.52. The third-order valence-corrected chi connectivity index (χ3v) is 5.72. The molecule has 0 atom stereocenters. The van der Waals surface area contributed by atoms with Crippen LogP contribution in [0.15, 0.2) is 28.9 Å². The van der Waals surface area contributed by atoms with Crippen LogP contribution in [0.25, 0.3) is 10.1 Å². The van der Waals surface area contributed by atoms with Gasteiger partial charge in [0.2, 0.25) is 0 Å². The van der Waals surface area contributed by atoms with Crippen molar-refractivity contribution < 1.29 is 4.79 Å². The molecule has 2 heterocycles. The van der Waals surface area contributed by atoms with Crippen LogP contribution in [0.5, 0.6) is 0 Å². The minimum absolute atomic E-state index is 0.159. The fourth-order valence-electron chi connectivity index (χ4n) is 2.02. The number of amides is 1. The normalized spacial score (nSPS) is 11.0. The van der Waals surface area contributed by atoms with Crippen LogP contribution in [0, 0.1) is 6.92 Å². The molecule has 0 aliphatic carbocycles. The van der Waals surface area contributed by atoms with Gasteiger partial charge in [-0.3, -0.25) is 4.79 Å². The van der Waals surface area contributed by atoms with Gasteiger partial charge in [-0.05, 0) is 19.1 Å². The second-order valence-electron chi connectivity index (χ2n) is 4.51. The Morgan fingerprint density at radius 3 is 2.90 bits per heavy atom. The Kier molecular flexibility index (Phi) is 3.97. The summed E-state index contributed by atoms with van der Waals surface area (Å²) < 4.78 is 1.90. The zero-order valence-electron chi connectivity index (χ0n) is 11.1. The molecule has 0 fully saturated rings. The Morgan fingerprint density at radius 1 is 1.43 bits per heavy atom. The van der Waals surface area contributed by atoms with Crippen molar-refractivity contribution in [3.05, 3.63) is 43.6 Å². The lowest BCUT2D eigenvalue weighted by molar-refractivity contribution is 0.0956. The summed E-state index contributed by atoms with van der Waals surface area (Å²) in [6.07, 6.45) is 1.80. The molecule has 2 aromatic heterocycles. The van der Waals surface area contributed by atoms with E-state index in [2.05, 4.69) is 26.2 Å². The van der Waals surface area contributed by atoms with Crippen LogP contribution in [0.2, 0.25) is 0 Å². The number of thiophene rings is 1. The molecule has 0 saturated carbocycles. The first kappa shape index (κ1) is 14.5. The van der Waals surface area contributed by atoms with Crippen LogP contribution >= 0.6 is 38.6 Å². The number of aryl methyl sites for hydroxylation is 1. The number of thiazole rings is 1. The van der Waals surface area contributed by atoms with E-state index in [9.17, 15) is 4.79 Å². The number of nitrogen functional groups attached to an aromatic ring is 1. The topological polar surface area (TPSA) is 68.0 Å². The van der Waals surface area contributed by atoms with Gasteiger partial charge < -0.3 is 11.1 Å². The number of rotatable bonds is 3. The Bertz CT molecular complexity index is 825. The summed E-state index contributed by atoms with van der Waals surface area (Å²) in [7, 11) is 0. The van der Waals surface area contributed by atoms with Crippen LogP contribution in [0.3, 0.4) is 0 Å². The molecule has 0 unspecified atom stereocenters. The number of carbonyl (C=O) groups is 1. The number of hydrogen-bond acceptors (Lipinski definition) is 5. The smallest absolute Gasteiger partial charge is 0.263 e. The fraction of sp³-hybridized carbons (Fsp3) is 0.143. The highest BCUT2D eigenvalue weighted by atomic mass is 79.9. The summed E-state index contributed by atoms with van der Waals surface area (Å²) in [6.45, 7) is 2.41. The molecule has 0 aliphatic heterocycles. The van der Waals surface area contributed by atoms with Gasteiger partial charge in [-0.2, -0.15) is 0 Å². The van der Waals surface area contributed by atoms with Gasteiger partial charge in [0, 0.05) is 25.6 Å². The minimum Gasteiger partial charge on any atom is -0.397 e. The van der Waals surface area contributed by atoms with Crippen molar-refractivity contribution >= 4 is 60.3 Å². The lowest BCUT2D eigenvalue weighted by Gasteiger charge is -2.02. The van der Waals surface area contributed by atoms with Gasteiger partial charge in [-0.15, -0.1) is 22.7 Å². The maximum atomic E-state index is 12.3. The highest BCUT2D eigenvalue weighted by molar-refractivity contribution is 9.10. The van der Waals surface area contributed by atoms with E-state index >= 15 is 0 Å². The first-order valence-electron chi connectivity index (χ1n) is 6.22. The minimum atomic E-state index is -0.159. The summed E-state index contributed by atoms with van der Waals surface area (Å²) in [5.74, 6) is -0.159. The molecule has 3 N–H and O–H groups in total. The highest BCUT2D eigenvalue weighted by Gasteiger charge is 2.17. The Labute approximate surface area is 138 Å². The van der Waals surface area contributed by atoms with Crippen LogP contribution < -0.4 is 11.1 Å². The number of nitrogens with one attached hydrogen (secondary N) is 1. The van der Waals surface area contributed by atoms with E-state index in [-0.39, 0.29) is 5.91 Å². The van der Waals surface area contributed by atoms with Gasteiger partial charge in [0.25, 0.3) is 5.91 Å². The van der Waals surface area contributed by atoms with Crippen molar-refractivity contribution in [1.29, 1.82) is 0 Å². The van der Waals surface area contributed by atoms with E-state index < -0.39 is 0 Å². The monoisotopic (exact) mass is 381 g/mol. The van der Waals surface area contributed by atoms with Gasteiger partial charge in [0.1, 0.15) is 9.88 Å². The van der Waals surface area contributed by atoms with E-state index in [0.717, 1.165) is 24.4 Å². The molecule has 21 heavy (non-hydrogen) atoms. The lowest BCUT2D eigenvalue weighted by Crippen LogP contribution is -2.22. The van der Waals surface area contributed by atoms with Gasteiger partial charge in [0.05, 0.1) is 12.2 Å². The van der Waals surface area contributed by atoms with E-state index in [1.165, 1.54) is 11.3 Å². The van der Waals surface area contributed by atoms with E-state index in [1.807, 2.05) is 25.1 Å². The number of benzene rings is 1. The van der Waals surface area contributed by atoms with Crippen molar-refractivity contribution in [2.24, 2.45) is 0 Å². The zero-order chi connectivity index (χ0) is 15.0. The predicted molar refractivity (Wildman–Crippen MR) is 92.0 cm³/mol. The molecule has 108 valence electrons. The first-order chi connectivity index (χ1) is 10.1. The number of carbonyl (C=O) groups excluding carboxylic acids is 1. The maximum Gasteiger partial charge on any atom is 0.263 e. The summed E-state index contributed by atoms with van der Waals surface area (Å²) in [6, 6.07) is 5.82. The van der Waals surface area contributed by atoms with Crippen LogP contribution in [-0.2, 0) is 6.54 Å². The third kappa shape index (κ3) is 2.81. The number of nitrogens with two attached hydrogens (primary N) is 1. The molecule has 7 heteroatoms. The van der Waals surface area contributed by atoms with Crippen LogP contribution in [0.4, 0.5) is 5.69 Å². The Hall–Kier alpha value is -1.44. The summed E-state index contributed by atoms with van der Waals surface area (Å²) in [5, 5.41) is 4.67. The second-order valence-corrected chi connectivity index (χ2v) is 7.73. The molecule has 0 aliphatic rings. The molecule has 0 saturated heterocycles. The number of hydrogen-bond donors (Lipinski definition) is 2. The lowest BCUT2D eigenvalue weighted by atomic mass is 10.2. The molecule has 1 aromatic carbocycles. The molecular weight excluding hydrogens is 370 g/mol. The van der Waals surface area contributed by atoms with Gasteiger partial charge in [-0.25, -0.2) is 4.98 Å². The number of aromatic nitrogens is 1. The molecule has 0 radical (unpaired) electrons. The van der Waals surface area contributed by atoms with E-state index in [1.54, 1.807) is 17.5 Å². The third-order valence-electron chi connectivity index (χ3n) is 2.98. The van der Waals surface area contributed by atoms with Gasteiger partial charge in [-0.1, -0.05) is 22.0 Å². The summed E-state index contributed by atoms with van der Waals surface area (Å²) in [5.41, 5.74) is 6.64. The molecule has 3 rings (SSSR count). The average molecular weight is 382 g/mol. The first-order valence-corrected chi connectivity index (χ1v) is 8.65. The van der Waals surface area contributed by atoms with Crippen molar-refractivity contribution in [2.75, 3.05) is 5.73 Å². The Morgan fingerprint density at radius 2 is 2.24 bits per heavy atom. The summed E-state index contributed by atoms with van der Waals surface area (Å²) in [4.78, 5) is 18.2. The van der Waals surface area contributed by atoms with Crippen molar-refractivity contribution in [3.8, 4) is 0 Å². The van der Waals surface area contributed by atoms with Crippen molar-refractivity contribution in [1.82, 2.24) is 10.3 Å². The number of halogens is 1. The molecule has 4 nitrogen and oxygen atoms in total. The predicted octanol–water partition coefficient (Wildman–Crippen LogP) is 3.94. The largest absolute Gasteiger partial charge is 0.397 e. The number of anilines is 1. The quantitative estimate of drug-likeness (QED) is 0.721. The van der Waals surface area contributed by atoms with Gasteiger partial charge >= 0.3 is 0 Å². The van der Waals surface area contributed by atoms with E-state index in [4.69, 9.17) is 5.73 Å². The van der Waals surface area contributed by atoms with Crippen molar-refractivity contribution in [3.63, 3.8) is 0 Å². The van der Waals surface area contributed by atoms with Crippen molar-refractivity contribution in [2.45, 2.75) is 13.5 Å². The van der Waals surface area contributed by atoms with E-state index in [0.29, 0.717) is 17.1 Å². The zero-order valence-corrected chi connectivity index (χ0v) is 14.4. The molecule has 3 aromatic rings. The van der Waals surface area contributed by atoms with Crippen LogP contribution in [0.1, 0.15) is 19.6 Å². The Balaban J connectivity index is 1.84. The standard InChI is InChI=1S/C14H12BrN3OS2/c1-7-5-17-10(20-7)6-18-14(19)13-12(16)11-8(15)3-2-4-9(11)21-13/h2-5H,6,16H2,1H3,(H,18,19). The highest BCUT2D eigenvalue weighted by Crippen LogP contribution is 2.38. The van der Waals surface area contributed by atoms with Gasteiger partial charge in [0.15, 0.2) is 0 Å². The molecular formula is C14H12BrN3OS2. The molecule has 0 bridgehead atoms. The SMILES string of the molecule is Cc1cnc(CNC(=O)c2sc3cccc(Br)c3c2N)s1. The van der Waals surface area contributed by atoms with Crippen LogP contribution in [-0.4, -0.2) is 10.9 Å². The number of nitrogens with zero attached hydrogens (tertiary/aromatic N) is 1. The molecule has 0 spiro atoms. The summed E-state index contributed by atoms with van der Waals surface area (Å²) >= 11 is 6.45. The molecule has 1 amide bonds.